The minimum atomic E-state index is -0.243. The van der Waals surface area contributed by atoms with Crippen LogP contribution in [0, 0.1) is 19.7 Å². The van der Waals surface area contributed by atoms with Crippen LogP contribution in [0.4, 0.5) is 10.1 Å². The molecule has 1 N–H and O–H groups in total. The first-order valence-corrected chi connectivity index (χ1v) is 6.79. The summed E-state index contributed by atoms with van der Waals surface area (Å²) >= 11 is 4.96. The fourth-order valence-electron chi connectivity index (χ4n) is 1.55. The van der Waals surface area contributed by atoms with Crippen LogP contribution >= 0.6 is 27.3 Å². The molecule has 0 saturated heterocycles. The summed E-state index contributed by atoms with van der Waals surface area (Å²) in [6.07, 6.45) is 0. The molecule has 0 atom stereocenters. The molecule has 90 valence electrons. The number of aryl methyl sites for hydroxylation is 2. The van der Waals surface area contributed by atoms with Gasteiger partial charge in [-0.25, -0.2) is 9.37 Å². The Morgan fingerprint density at radius 1 is 1.41 bits per heavy atom. The van der Waals surface area contributed by atoms with Gasteiger partial charge in [-0.2, -0.15) is 0 Å². The van der Waals surface area contributed by atoms with Gasteiger partial charge in [0.1, 0.15) is 5.82 Å². The van der Waals surface area contributed by atoms with E-state index in [9.17, 15) is 4.39 Å². The van der Waals surface area contributed by atoms with Crippen LogP contribution in [0.3, 0.4) is 0 Å². The number of nitrogens with one attached hydrogen (secondary N) is 1. The zero-order chi connectivity index (χ0) is 12.4. The molecule has 0 aliphatic carbocycles. The Bertz CT molecular complexity index is 539. The molecule has 0 aliphatic rings. The van der Waals surface area contributed by atoms with Crippen LogP contribution in [0.2, 0.25) is 0 Å². The number of rotatable bonds is 3. The van der Waals surface area contributed by atoms with E-state index in [1.807, 2.05) is 13.8 Å². The molecular weight excluding hydrogens is 303 g/mol. The van der Waals surface area contributed by atoms with Crippen molar-refractivity contribution in [3.05, 3.63) is 44.1 Å². The molecule has 0 amide bonds. The highest BCUT2D eigenvalue weighted by atomic mass is 79.9. The Labute approximate surface area is 112 Å². The van der Waals surface area contributed by atoms with Crippen LogP contribution in [-0.2, 0) is 6.54 Å². The van der Waals surface area contributed by atoms with Crippen LogP contribution in [-0.4, -0.2) is 4.98 Å². The molecule has 0 unspecified atom stereocenters. The quantitative estimate of drug-likeness (QED) is 0.915. The third-order valence-electron chi connectivity index (χ3n) is 2.37. The summed E-state index contributed by atoms with van der Waals surface area (Å²) in [5.41, 5.74) is 1.51. The number of hydrogen-bond donors (Lipinski definition) is 1. The SMILES string of the molecule is Cc1nc(C)c(CNc2cc(Br)ccc2F)s1. The van der Waals surface area contributed by atoms with Crippen molar-refractivity contribution in [1.29, 1.82) is 0 Å². The number of halogens is 2. The predicted molar refractivity (Wildman–Crippen MR) is 73.0 cm³/mol. The monoisotopic (exact) mass is 314 g/mol. The van der Waals surface area contributed by atoms with Gasteiger partial charge in [-0.1, -0.05) is 15.9 Å². The van der Waals surface area contributed by atoms with Gasteiger partial charge in [0, 0.05) is 9.35 Å². The summed E-state index contributed by atoms with van der Waals surface area (Å²) in [7, 11) is 0. The molecule has 1 heterocycles. The van der Waals surface area contributed by atoms with E-state index in [4.69, 9.17) is 0 Å². The van der Waals surface area contributed by atoms with Crippen LogP contribution in [0.1, 0.15) is 15.6 Å². The van der Waals surface area contributed by atoms with Crippen LogP contribution < -0.4 is 5.32 Å². The van der Waals surface area contributed by atoms with Gasteiger partial charge in [0.2, 0.25) is 0 Å². The van der Waals surface area contributed by atoms with Gasteiger partial charge < -0.3 is 5.32 Å². The van der Waals surface area contributed by atoms with Crippen LogP contribution in [0.15, 0.2) is 22.7 Å². The van der Waals surface area contributed by atoms with Gasteiger partial charge in [-0.3, -0.25) is 0 Å². The highest BCUT2D eigenvalue weighted by Gasteiger charge is 2.06. The molecule has 5 heteroatoms. The number of hydrogen-bond acceptors (Lipinski definition) is 3. The number of thiazole rings is 1. The lowest BCUT2D eigenvalue weighted by Gasteiger charge is -2.07. The smallest absolute Gasteiger partial charge is 0.146 e. The molecule has 0 aliphatic heterocycles. The number of benzene rings is 1. The van der Waals surface area contributed by atoms with E-state index in [-0.39, 0.29) is 5.82 Å². The zero-order valence-corrected chi connectivity index (χ0v) is 12.0. The summed E-state index contributed by atoms with van der Waals surface area (Å²) in [5.74, 6) is -0.243. The van der Waals surface area contributed by atoms with Gasteiger partial charge >= 0.3 is 0 Å². The molecule has 0 saturated carbocycles. The third kappa shape index (κ3) is 3.04. The van der Waals surface area contributed by atoms with Gasteiger partial charge in [-0.15, -0.1) is 11.3 Å². The Hall–Kier alpha value is -0.940. The summed E-state index contributed by atoms with van der Waals surface area (Å²) in [6, 6.07) is 4.86. The van der Waals surface area contributed by atoms with E-state index in [1.54, 1.807) is 23.5 Å². The number of aromatic nitrogens is 1. The maximum atomic E-state index is 13.5. The molecule has 1 aromatic heterocycles. The van der Waals surface area contributed by atoms with Crippen molar-refractivity contribution in [2.24, 2.45) is 0 Å². The first kappa shape index (κ1) is 12.5. The van der Waals surface area contributed by atoms with E-state index in [2.05, 4.69) is 26.2 Å². The molecule has 2 rings (SSSR count). The Balaban J connectivity index is 2.12. The molecule has 0 bridgehead atoms. The van der Waals surface area contributed by atoms with Crippen molar-refractivity contribution in [2.45, 2.75) is 20.4 Å². The summed E-state index contributed by atoms with van der Waals surface area (Å²) in [6.45, 7) is 4.54. The molecule has 1 aromatic carbocycles. The Morgan fingerprint density at radius 2 is 2.18 bits per heavy atom. The Morgan fingerprint density at radius 3 is 2.82 bits per heavy atom. The van der Waals surface area contributed by atoms with E-state index in [0.29, 0.717) is 12.2 Å². The lowest BCUT2D eigenvalue weighted by atomic mass is 10.3. The third-order valence-corrected chi connectivity index (χ3v) is 3.93. The van der Waals surface area contributed by atoms with E-state index < -0.39 is 0 Å². The van der Waals surface area contributed by atoms with Gasteiger partial charge in [0.15, 0.2) is 0 Å². The fourth-order valence-corrected chi connectivity index (χ4v) is 2.78. The van der Waals surface area contributed by atoms with Crippen LogP contribution in [0.25, 0.3) is 0 Å². The summed E-state index contributed by atoms with van der Waals surface area (Å²) in [4.78, 5) is 5.48. The minimum Gasteiger partial charge on any atom is -0.378 e. The van der Waals surface area contributed by atoms with Crippen molar-refractivity contribution in [3.63, 3.8) is 0 Å². The van der Waals surface area contributed by atoms with Crippen molar-refractivity contribution in [1.82, 2.24) is 4.98 Å². The minimum absolute atomic E-state index is 0.243. The average molecular weight is 315 g/mol. The van der Waals surface area contributed by atoms with Crippen LogP contribution in [0.5, 0.6) is 0 Å². The normalized spacial score (nSPS) is 10.6. The average Bonchev–Trinajstić information content (AvgIpc) is 2.59. The van der Waals surface area contributed by atoms with E-state index >= 15 is 0 Å². The number of nitrogens with zero attached hydrogens (tertiary/aromatic N) is 1. The highest BCUT2D eigenvalue weighted by Crippen LogP contribution is 2.23. The molecule has 2 nitrogen and oxygen atoms in total. The molecular formula is C12H12BrFN2S. The second-order valence-corrected chi connectivity index (χ2v) is 5.92. The highest BCUT2D eigenvalue weighted by molar-refractivity contribution is 9.10. The first-order valence-electron chi connectivity index (χ1n) is 5.18. The van der Waals surface area contributed by atoms with Crippen molar-refractivity contribution in [3.8, 4) is 0 Å². The molecule has 0 spiro atoms. The van der Waals surface area contributed by atoms with Gasteiger partial charge in [0.25, 0.3) is 0 Å². The fraction of sp³-hybridized carbons (Fsp3) is 0.250. The van der Waals surface area contributed by atoms with E-state index in [1.165, 1.54) is 6.07 Å². The zero-order valence-electron chi connectivity index (χ0n) is 9.55. The second kappa shape index (κ2) is 5.14. The Kier molecular flexibility index (Phi) is 3.79. The predicted octanol–water partition coefficient (Wildman–Crippen LogP) is 4.27. The largest absolute Gasteiger partial charge is 0.378 e. The number of anilines is 1. The van der Waals surface area contributed by atoms with E-state index in [0.717, 1.165) is 20.1 Å². The van der Waals surface area contributed by atoms with Crippen molar-refractivity contribution >= 4 is 33.0 Å². The van der Waals surface area contributed by atoms with Crippen molar-refractivity contribution < 1.29 is 4.39 Å². The molecule has 2 aromatic rings. The first-order chi connectivity index (χ1) is 8.06. The summed E-state index contributed by atoms with van der Waals surface area (Å²) < 4.78 is 14.3. The standard InChI is InChI=1S/C12H12BrFN2S/c1-7-12(17-8(2)16-7)6-15-11-5-9(13)3-4-10(11)14/h3-5,15H,6H2,1-2H3. The molecule has 17 heavy (non-hydrogen) atoms. The van der Waals surface area contributed by atoms with Crippen molar-refractivity contribution in [2.75, 3.05) is 5.32 Å². The van der Waals surface area contributed by atoms with Gasteiger partial charge in [0.05, 0.1) is 22.9 Å². The topological polar surface area (TPSA) is 24.9 Å². The molecule has 0 fully saturated rings. The van der Waals surface area contributed by atoms with Gasteiger partial charge in [-0.05, 0) is 32.0 Å². The summed E-state index contributed by atoms with van der Waals surface area (Å²) in [5, 5.41) is 4.13. The lowest BCUT2D eigenvalue weighted by Crippen LogP contribution is -2.01. The molecule has 0 radical (unpaired) electrons. The maximum absolute atomic E-state index is 13.5. The lowest BCUT2D eigenvalue weighted by molar-refractivity contribution is 0.630. The maximum Gasteiger partial charge on any atom is 0.146 e. The second-order valence-electron chi connectivity index (χ2n) is 3.72.